The molecule has 170 valence electrons. The molecule has 0 unspecified atom stereocenters. The van der Waals surface area contributed by atoms with E-state index >= 15 is 0 Å². The molecule has 2 amide bonds. The third kappa shape index (κ3) is 4.97. The molecule has 1 aliphatic rings. The van der Waals surface area contributed by atoms with Crippen LogP contribution >= 0.6 is 23.2 Å². The van der Waals surface area contributed by atoms with Gasteiger partial charge in [-0.2, -0.15) is 0 Å². The van der Waals surface area contributed by atoms with Gasteiger partial charge in [0.2, 0.25) is 0 Å². The average Bonchev–Trinajstić information content (AvgIpc) is 2.81. The average molecular weight is 484 g/mol. The first-order chi connectivity index (χ1) is 15.8. The molecule has 1 aliphatic heterocycles. The van der Waals surface area contributed by atoms with Crippen molar-refractivity contribution in [3.63, 3.8) is 0 Å². The van der Waals surface area contributed by atoms with Gasteiger partial charge in [0, 0.05) is 32.4 Å². The molecule has 0 bridgehead atoms. The zero-order chi connectivity index (χ0) is 23.5. The topological polar surface area (TPSA) is 62.6 Å². The van der Waals surface area contributed by atoms with E-state index in [1.165, 1.54) is 0 Å². The van der Waals surface area contributed by atoms with E-state index in [4.69, 9.17) is 23.2 Å². The monoisotopic (exact) mass is 483 g/mol. The fourth-order valence-electron chi connectivity index (χ4n) is 3.95. The van der Waals surface area contributed by atoms with E-state index < -0.39 is 0 Å². The minimum absolute atomic E-state index is 0.128. The van der Waals surface area contributed by atoms with Gasteiger partial charge in [0.05, 0.1) is 22.2 Å². The van der Waals surface area contributed by atoms with Crippen LogP contribution in [0.15, 0.2) is 65.6 Å². The summed E-state index contributed by atoms with van der Waals surface area (Å²) in [5.74, 6) is -0.554. The SMILES string of the molecule is Cc1cccc(Cn2cccc(C(=O)N3CCN(C(=O)c4cccc(Cl)c4Cl)CC3)c2=O)c1. The number of aromatic nitrogens is 1. The number of piperazine rings is 1. The minimum Gasteiger partial charge on any atom is -0.335 e. The fraction of sp³-hybridized carbons (Fsp3) is 0.240. The number of hydrogen-bond donors (Lipinski definition) is 0. The van der Waals surface area contributed by atoms with Crippen LogP contribution in [0.4, 0.5) is 0 Å². The number of pyridine rings is 1. The van der Waals surface area contributed by atoms with Crippen molar-refractivity contribution < 1.29 is 9.59 Å². The lowest BCUT2D eigenvalue weighted by Crippen LogP contribution is -2.51. The van der Waals surface area contributed by atoms with E-state index in [0.717, 1.165) is 11.1 Å². The highest BCUT2D eigenvalue weighted by Gasteiger charge is 2.28. The van der Waals surface area contributed by atoms with Crippen LogP contribution in [0.1, 0.15) is 31.8 Å². The molecule has 0 spiro atoms. The van der Waals surface area contributed by atoms with Gasteiger partial charge in [0.1, 0.15) is 5.56 Å². The summed E-state index contributed by atoms with van der Waals surface area (Å²) >= 11 is 12.2. The maximum atomic E-state index is 13.1. The van der Waals surface area contributed by atoms with Crippen LogP contribution in [0.25, 0.3) is 0 Å². The van der Waals surface area contributed by atoms with E-state index in [9.17, 15) is 14.4 Å². The second-order valence-corrected chi connectivity index (χ2v) is 8.81. The van der Waals surface area contributed by atoms with Gasteiger partial charge in [0.25, 0.3) is 17.4 Å². The van der Waals surface area contributed by atoms with Crippen molar-refractivity contribution in [2.45, 2.75) is 13.5 Å². The maximum absolute atomic E-state index is 13.1. The Balaban J connectivity index is 1.45. The Morgan fingerprint density at radius 1 is 0.848 bits per heavy atom. The second-order valence-electron chi connectivity index (χ2n) is 8.03. The van der Waals surface area contributed by atoms with Gasteiger partial charge in [-0.25, -0.2) is 0 Å². The Kier molecular flexibility index (Phi) is 6.86. The van der Waals surface area contributed by atoms with Crippen molar-refractivity contribution in [3.05, 3.63) is 103 Å². The molecular formula is C25H23Cl2N3O3. The number of aryl methyl sites for hydroxylation is 1. The largest absolute Gasteiger partial charge is 0.335 e. The van der Waals surface area contributed by atoms with Crippen LogP contribution in [0.2, 0.25) is 10.0 Å². The lowest BCUT2D eigenvalue weighted by Gasteiger charge is -2.35. The first-order valence-corrected chi connectivity index (χ1v) is 11.4. The highest BCUT2D eigenvalue weighted by Crippen LogP contribution is 2.26. The quantitative estimate of drug-likeness (QED) is 0.560. The second kappa shape index (κ2) is 9.81. The molecule has 8 heteroatoms. The number of hydrogen-bond acceptors (Lipinski definition) is 3. The van der Waals surface area contributed by atoms with Gasteiger partial charge in [0.15, 0.2) is 0 Å². The molecule has 4 rings (SSSR count). The zero-order valence-electron chi connectivity index (χ0n) is 18.1. The van der Waals surface area contributed by atoms with Crippen molar-refractivity contribution in [2.24, 2.45) is 0 Å². The van der Waals surface area contributed by atoms with Gasteiger partial charge in [-0.05, 0) is 36.8 Å². The number of benzene rings is 2. The fourth-order valence-corrected chi connectivity index (χ4v) is 4.33. The smallest absolute Gasteiger partial charge is 0.263 e. The normalized spacial score (nSPS) is 13.8. The lowest BCUT2D eigenvalue weighted by atomic mass is 10.1. The van der Waals surface area contributed by atoms with Gasteiger partial charge < -0.3 is 14.4 Å². The highest BCUT2D eigenvalue weighted by atomic mass is 35.5. The number of halogens is 2. The molecule has 0 N–H and O–H groups in total. The van der Waals surface area contributed by atoms with Crippen molar-refractivity contribution in [1.82, 2.24) is 14.4 Å². The zero-order valence-corrected chi connectivity index (χ0v) is 19.6. The van der Waals surface area contributed by atoms with Crippen LogP contribution in [0.5, 0.6) is 0 Å². The molecule has 1 saturated heterocycles. The van der Waals surface area contributed by atoms with Crippen LogP contribution in [-0.2, 0) is 6.54 Å². The van der Waals surface area contributed by atoms with Crippen molar-refractivity contribution >= 4 is 35.0 Å². The van der Waals surface area contributed by atoms with E-state index in [2.05, 4.69) is 0 Å². The Labute approximate surface area is 201 Å². The third-order valence-corrected chi connectivity index (χ3v) is 6.54. The molecule has 3 aromatic rings. The molecular weight excluding hydrogens is 461 g/mol. The number of nitrogens with zero attached hydrogens (tertiary/aromatic N) is 3. The number of carbonyl (C=O) groups excluding carboxylic acids is 2. The first kappa shape index (κ1) is 23.1. The Hall–Kier alpha value is -3.09. The molecule has 6 nitrogen and oxygen atoms in total. The molecule has 1 aromatic heterocycles. The summed E-state index contributed by atoms with van der Waals surface area (Å²) in [5.41, 5.74) is 2.25. The summed E-state index contributed by atoms with van der Waals surface area (Å²) in [4.78, 5) is 42.2. The maximum Gasteiger partial charge on any atom is 0.263 e. The summed E-state index contributed by atoms with van der Waals surface area (Å²) in [6.07, 6.45) is 1.69. The van der Waals surface area contributed by atoms with Gasteiger partial charge in [-0.15, -0.1) is 0 Å². The summed E-state index contributed by atoms with van der Waals surface area (Å²) in [6, 6.07) is 16.1. The van der Waals surface area contributed by atoms with Crippen molar-refractivity contribution in [3.8, 4) is 0 Å². The molecule has 2 aromatic carbocycles. The number of amides is 2. The predicted octanol–water partition coefficient (Wildman–Crippen LogP) is 4.11. The van der Waals surface area contributed by atoms with Crippen molar-refractivity contribution in [1.29, 1.82) is 0 Å². The number of carbonyl (C=O) groups is 2. The number of rotatable bonds is 4. The van der Waals surface area contributed by atoms with Crippen molar-refractivity contribution in [2.75, 3.05) is 26.2 Å². The summed E-state index contributed by atoms with van der Waals surface area (Å²) in [5, 5.41) is 0.545. The van der Waals surface area contributed by atoms with Crippen LogP contribution in [-0.4, -0.2) is 52.4 Å². The van der Waals surface area contributed by atoms with Crippen LogP contribution in [0, 0.1) is 6.92 Å². The molecule has 1 fully saturated rings. The Bertz CT molecular complexity index is 1260. The van der Waals surface area contributed by atoms with Crippen LogP contribution in [0.3, 0.4) is 0 Å². The van der Waals surface area contributed by atoms with E-state index in [-0.39, 0.29) is 28.0 Å². The summed E-state index contributed by atoms with van der Waals surface area (Å²) < 4.78 is 1.54. The lowest BCUT2D eigenvalue weighted by molar-refractivity contribution is 0.0534. The molecule has 0 atom stereocenters. The first-order valence-electron chi connectivity index (χ1n) is 10.6. The molecule has 0 radical (unpaired) electrons. The minimum atomic E-state index is -0.327. The van der Waals surface area contributed by atoms with E-state index in [1.807, 2.05) is 31.2 Å². The van der Waals surface area contributed by atoms with Gasteiger partial charge in [-0.3, -0.25) is 14.4 Å². The predicted molar refractivity (Wildman–Crippen MR) is 129 cm³/mol. The van der Waals surface area contributed by atoms with Gasteiger partial charge in [-0.1, -0.05) is 59.1 Å². The highest BCUT2D eigenvalue weighted by molar-refractivity contribution is 6.43. The Morgan fingerprint density at radius 2 is 1.45 bits per heavy atom. The molecule has 2 heterocycles. The van der Waals surface area contributed by atoms with E-state index in [1.54, 1.807) is 50.9 Å². The van der Waals surface area contributed by atoms with Gasteiger partial charge >= 0.3 is 0 Å². The molecule has 33 heavy (non-hydrogen) atoms. The molecule has 0 saturated carbocycles. The van der Waals surface area contributed by atoms with Crippen LogP contribution < -0.4 is 5.56 Å². The summed E-state index contributed by atoms with van der Waals surface area (Å²) in [7, 11) is 0. The molecule has 0 aliphatic carbocycles. The Morgan fingerprint density at radius 3 is 2.12 bits per heavy atom. The van der Waals surface area contributed by atoms with E-state index in [0.29, 0.717) is 43.3 Å². The third-order valence-electron chi connectivity index (χ3n) is 5.72. The summed E-state index contributed by atoms with van der Waals surface area (Å²) in [6.45, 7) is 3.74. The standard InChI is InChI=1S/C25H23Cl2N3O3/c1-17-5-2-6-18(15-17)16-30-10-4-8-20(25(30)33)24(32)29-13-11-28(12-14-29)23(31)19-7-3-9-21(26)22(19)27/h2-10,15H,11-14,16H2,1H3.